The maximum atomic E-state index is 14.6. The van der Waals surface area contributed by atoms with Crippen LogP contribution in [0, 0.1) is 5.82 Å². The molecule has 144 valence electrons. The zero-order valence-corrected chi connectivity index (χ0v) is 16.0. The van der Waals surface area contributed by atoms with Crippen molar-refractivity contribution in [2.24, 2.45) is 0 Å². The van der Waals surface area contributed by atoms with Crippen molar-refractivity contribution in [2.75, 3.05) is 11.9 Å². The van der Waals surface area contributed by atoms with Crippen molar-refractivity contribution in [1.29, 1.82) is 0 Å². The number of anilines is 1. The van der Waals surface area contributed by atoms with E-state index in [0.29, 0.717) is 25.0 Å². The van der Waals surface area contributed by atoms with Crippen LogP contribution in [0.25, 0.3) is 10.8 Å². The lowest BCUT2D eigenvalue weighted by atomic mass is 9.77. The number of rotatable bonds is 5. The van der Waals surface area contributed by atoms with Crippen molar-refractivity contribution in [3.63, 3.8) is 0 Å². The molecule has 0 saturated heterocycles. The molecule has 0 atom stereocenters. The molecule has 1 saturated carbocycles. The molecule has 4 heteroatoms. The molecular weight excluding hydrogens is 353 g/mol. The summed E-state index contributed by atoms with van der Waals surface area (Å²) in [6.45, 7) is 2.52. The van der Waals surface area contributed by atoms with Gasteiger partial charge in [0.25, 0.3) is 0 Å². The third kappa shape index (κ3) is 3.13. The van der Waals surface area contributed by atoms with Crippen LogP contribution in [-0.4, -0.2) is 12.5 Å². The van der Waals surface area contributed by atoms with Gasteiger partial charge in [-0.25, -0.2) is 4.39 Å². The van der Waals surface area contributed by atoms with E-state index in [1.807, 2.05) is 43.3 Å². The molecule has 0 spiro atoms. The van der Waals surface area contributed by atoms with Crippen LogP contribution >= 0.6 is 0 Å². The minimum absolute atomic E-state index is 0.135. The molecule has 1 fully saturated rings. The van der Waals surface area contributed by atoms with Crippen LogP contribution in [-0.2, 0) is 10.2 Å². The van der Waals surface area contributed by atoms with E-state index in [0.717, 1.165) is 35.1 Å². The maximum absolute atomic E-state index is 14.6. The molecule has 4 rings (SSSR count). The van der Waals surface area contributed by atoms with Crippen LogP contribution in [0.1, 0.15) is 38.2 Å². The molecule has 0 aliphatic heterocycles. The average molecular weight is 377 g/mol. The van der Waals surface area contributed by atoms with Crippen LogP contribution in [0.4, 0.5) is 10.1 Å². The summed E-state index contributed by atoms with van der Waals surface area (Å²) in [5, 5.41) is 4.97. The van der Waals surface area contributed by atoms with Gasteiger partial charge in [-0.2, -0.15) is 0 Å². The third-order valence-electron chi connectivity index (χ3n) is 5.71. The third-order valence-corrected chi connectivity index (χ3v) is 5.71. The molecule has 3 nitrogen and oxygen atoms in total. The van der Waals surface area contributed by atoms with Crippen LogP contribution in [0.3, 0.4) is 0 Å². The molecule has 28 heavy (non-hydrogen) atoms. The fraction of sp³-hybridized carbons (Fsp3) is 0.292. The lowest BCUT2D eigenvalue weighted by Crippen LogP contribution is -2.38. The van der Waals surface area contributed by atoms with Crippen molar-refractivity contribution in [1.82, 2.24) is 0 Å². The second kappa shape index (κ2) is 7.63. The zero-order valence-electron chi connectivity index (χ0n) is 16.0. The highest BCUT2D eigenvalue weighted by molar-refractivity contribution is 6.07. The van der Waals surface area contributed by atoms with Gasteiger partial charge in [-0.05, 0) is 38.0 Å². The second-order valence-electron chi connectivity index (χ2n) is 7.31. The first kappa shape index (κ1) is 18.5. The molecule has 0 radical (unpaired) electrons. The summed E-state index contributed by atoms with van der Waals surface area (Å²) in [5.41, 5.74) is 0.414. The number of amides is 1. The molecule has 1 aliphatic rings. The smallest absolute Gasteiger partial charge is 0.235 e. The Kier molecular flexibility index (Phi) is 5.03. The van der Waals surface area contributed by atoms with E-state index < -0.39 is 5.41 Å². The van der Waals surface area contributed by atoms with E-state index in [1.54, 1.807) is 18.2 Å². The van der Waals surface area contributed by atoms with Crippen LogP contribution in [0.5, 0.6) is 5.75 Å². The van der Waals surface area contributed by atoms with Crippen LogP contribution in [0.2, 0.25) is 0 Å². The molecular formula is C24H24FNO2. The molecule has 0 heterocycles. The maximum Gasteiger partial charge on any atom is 0.235 e. The van der Waals surface area contributed by atoms with Gasteiger partial charge in [0, 0.05) is 22.0 Å². The van der Waals surface area contributed by atoms with Gasteiger partial charge in [-0.3, -0.25) is 4.79 Å². The molecule has 1 amide bonds. The number of hydrogen-bond donors (Lipinski definition) is 1. The lowest BCUT2D eigenvalue weighted by molar-refractivity contribution is -0.121. The fourth-order valence-electron chi connectivity index (χ4n) is 4.35. The van der Waals surface area contributed by atoms with Crippen LogP contribution in [0.15, 0.2) is 60.7 Å². The number of benzene rings is 3. The number of nitrogens with one attached hydrogen (secondary N) is 1. The summed E-state index contributed by atoms with van der Waals surface area (Å²) < 4.78 is 20.3. The zero-order chi connectivity index (χ0) is 19.6. The highest BCUT2D eigenvalue weighted by Gasteiger charge is 2.44. The van der Waals surface area contributed by atoms with Gasteiger partial charge in [-0.15, -0.1) is 0 Å². The number of fused-ring (bicyclic) bond motifs is 1. The SMILES string of the molecule is CCOc1ccc(NC(=O)C2(c3ccccc3F)CCCC2)c2ccccc12. The van der Waals surface area contributed by atoms with Gasteiger partial charge in [0.05, 0.1) is 12.0 Å². The van der Waals surface area contributed by atoms with Gasteiger partial charge in [0.2, 0.25) is 5.91 Å². The second-order valence-corrected chi connectivity index (χ2v) is 7.31. The first-order valence-corrected chi connectivity index (χ1v) is 9.87. The van der Waals surface area contributed by atoms with Gasteiger partial charge >= 0.3 is 0 Å². The highest BCUT2D eigenvalue weighted by Crippen LogP contribution is 2.43. The Bertz CT molecular complexity index is 1010. The van der Waals surface area contributed by atoms with Crippen molar-refractivity contribution in [3.05, 3.63) is 72.0 Å². The minimum atomic E-state index is -0.814. The van der Waals surface area contributed by atoms with E-state index >= 15 is 0 Å². The summed E-state index contributed by atoms with van der Waals surface area (Å²) in [4.78, 5) is 13.4. The highest BCUT2D eigenvalue weighted by atomic mass is 19.1. The van der Waals surface area contributed by atoms with Crippen molar-refractivity contribution < 1.29 is 13.9 Å². The first-order chi connectivity index (χ1) is 13.7. The van der Waals surface area contributed by atoms with Gasteiger partial charge in [-0.1, -0.05) is 55.3 Å². The average Bonchev–Trinajstić information content (AvgIpc) is 3.21. The van der Waals surface area contributed by atoms with Crippen molar-refractivity contribution in [2.45, 2.75) is 38.0 Å². The number of carbonyl (C=O) groups is 1. The standard InChI is InChI=1S/C24H24FNO2/c1-2-28-22-14-13-21(17-9-3-4-10-18(17)22)26-23(27)24(15-7-8-16-24)19-11-5-6-12-20(19)25/h3-6,9-14H,2,7-8,15-16H2,1H3,(H,26,27). The predicted octanol–water partition coefficient (Wildman–Crippen LogP) is 5.83. The van der Waals surface area contributed by atoms with Crippen molar-refractivity contribution in [3.8, 4) is 5.75 Å². The van der Waals surface area contributed by atoms with Gasteiger partial charge < -0.3 is 10.1 Å². The molecule has 3 aromatic carbocycles. The molecule has 0 unspecified atom stereocenters. The Labute approximate surface area is 164 Å². The Morgan fingerprint density at radius 1 is 1.00 bits per heavy atom. The Balaban J connectivity index is 1.73. The predicted molar refractivity (Wildman–Crippen MR) is 110 cm³/mol. The summed E-state index contributed by atoms with van der Waals surface area (Å²) in [6, 6.07) is 18.3. The van der Waals surface area contributed by atoms with E-state index in [-0.39, 0.29) is 11.7 Å². The normalized spacial score (nSPS) is 15.5. The van der Waals surface area contributed by atoms with E-state index in [9.17, 15) is 9.18 Å². The Morgan fingerprint density at radius 3 is 2.39 bits per heavy atom. The Hall–Kier alpha value is -2.88. The number of halogens is 1. The van der Waals surface area contributed by atoms with E-state index in [1.165, 1.54) is 6.07 Å². The fourth-order valence-corrected chi connectivity index (χ4v) is 4.35. The number of carbonyl (C=O) groups excluding carboxylic acids is 1. The first-order valence-electron chi connectivity index (χ1n) is 9.87. The Morgan fingerprint density at radius 2 is 1.68 bits per heavy atom. The van der Waals surface area contributed by atoms with E-state index in [4.69, 9.17) is 4.74 Å². The molecule has 1 N–H and O–H groups in total. The monoisotopic (exact) mass is 377 g/mol. The summed E-state index contributed by atoms with van der Waals surface area (Å²) >= 11 is 0. The number of ether oxygens (including phenoxy) is 1. The molecule has 0 aromatic heterocycles. The van der Waals surface area contributed by atoms with E-state index in [2.05, 4.69) is 5.32 Å². The summed E-state index contributed by atoms with van der Waals surface area (Å²) in [7, 11) is 0. The molecule has 1 aliphatic carbocycles. The summed E-state index contributed by atoms with van der Waals surface area (Å²) in [5.74, 6) is 0.348. The molecule has 0 bridgehead atoms. The summed E-state index contributed by atoms with van der Waals surface area (Å²) in [6.07, 6.45) is 3.17. The van der Waals surface area contributed by atoms with Gasteiger partial charge in [0.15, 0.2) is 0 Å². The molecule has 3 aromatic rings. The van der Waals surface area contributed by atoms with Crippen LogP contribution < -0.4 is 10.1 Å². The van der Waals surface area contributed by atoms with Crippen molar-refractivity contribution >= 4 is 22.4 Å². The largest absolute Gasteiger partial charge is 0.493 e. The topological polar surface area (TPSA) is 38.3 Å². The van der Waals surface area contributed by atoms with Gasteiger partial charge in [0.1, 0.15) is 11.6 Å². The quantitative estimate of drug-likeness (QED) is 0.608. The minimum Gasteiger partial charge on any atom is -0.493 e. The lowest BCUT2D eigenvalue weighted by Gasteiger charge is -2.29. The number of hydrogen-bond acceptors (Lipinski definition) is 2.